The van der Waals surface area contributed by atoms with E-state index in [1.165, 1.54) is 37.8 Å². The Morgan fingerprint density at radius 2 is 2.00 bits per heavy atom. The predicted octanol–water partition coefficient (Wildman–Crippen LogP) is 3.96. The average Bonchev–Trinajstić information content (AvgIpc) is 3.23. The molecule has 0 spiro atoms. The summed E-state index contributed by atoms with van der Waals surface area (Å²) in [6.45, 7) is 0. The zero-order valence-electron chi connectivity index (χ0n) is 14.7. The number of nitrogens with zero attached hydrogens (tertiary/aromatic N) is 1. The molecule has 0 aliphatic heterocycles. The highest BCUT2D eigenvalue weighted by molar-refractivity contribution is 6.31. The summed E-state index contributed by atoms with van der Waals surface area (Å²) in [4.78, 5) is 16.6. The molecule has 28 heavy (non-hydrogen) atoms. The number of carbonyl (C=O) groups excluding carboxylic acids is 1. The molecule has 0 saturated heterocycles. The van der Waals surface area contributed by atoms with Crippen LogP contribution < -0.4 is 10.1 Å². The molecule has 0 fully saturated rings. The van der Waals surface area contributed by atoms with Crippen molar-refractivity contribution in [3.63, 3.8) is 0 Å². The molecule has 142 valence electrons. The molecule has 1 aromatic carbocycles. The number of methoxy groups -OCH3 is 1. The number of furan rings is 1. The first kappa shape index (κ1) is 19.1. The second kappa shape index (κ2) is 8.36. The Kier molecular flexibility index (Phi) is 5.71. The Hall–Kier alpha value is -3.65. The maximum atomic E-state index is 12.5. The Labute approximate surface area is 165 Å². The number of pyridine rings is 1. The minimum absolute atomic E-state index is 0.195. The molecule has 3 aromatic rings. The van der Waals surface area contributed by atoms with Crippen LogP contribution in [0, 0.1) is 10.8 Å². The van der Waals surface area contributed by atoms with Crippen molar-refractivity contribution in [2.75, 3.05) is 12.4 Å². The normalized spacial score (nSPS) is 10.2. The zero-order valence-corrected chi connectivity index (χ0v) is 15.4. The zero-order chi connectivity index (χ0) is 20.1. The van der Waals surface area contributed by atoms with Crippen molar-refractivity contribution < 1.29 is 18.7 Å². The van der Waals surface area contributed by atoms with E-state index in [4.69, 9.17) is 36.3 Å². The molecule has 2 heterocycles. The van der Waals surface area contributed by atoms with Crippen LogP contribution in [0.2, 0.25) is 5.02 Å². The summed E-state index contributed by atoms with van der Waals surface area (Å²) >= 11 is 5.95. The molecular weight excluding hydrogens is 384 g/mol. The Morgan fingerprint density at radius 1 is 1.18 bits per heavy atom. The molecule has 9 heteroatoms. The highest BCUT2D eigenvalue weighted by Gasteiger charge is 2.16. The number of nitrogens with one attached hydrogen (secondary N) is 3. The molecule has 0 aliphatic carbocycles. The van der Waals surface area contributed by atoms with Gasteiger partial charge in [0, 0.05) is 16.8 Å². The van der Waals surface area contributed by atoms with Gasteiger partial charge in [-0.05, 0) is 42.5 Å². The van der Waals surface area contributed by atoms with E-state index in [0.29, 0.717) is 16.3 Å². The van der Waals surface area contributed by atoms with Crippen LogP contribution in [0.15, 0.2) is 59.3 Å². The van der Waals surface area contributed by atoms with Crippen LogP contribution in [0.1, 0.15) is 21.7 Å². The van der Waals surface area contributed by atoms with Gasteiger partial charge in [0.15, 0.2) is 5.76 Å². The van der Waals surface area contributed by atoms with Gasteiger partial charge in [-0.3, -0.25) is 15.6 Å². The van der Waals surface area contributed by atoms with Crippen molar-refractivity contribution >= 4 is 35.1 Å². The van der Waals surface area contributed by atoms with Crippen molar-refractivity contribution in [1.82, 2.24) is 4.98 Å². The summed E-state index contributed by atoms with van der Waals surface area (Å²) in [6.07, 6.45) is 2.82. The van der Waals surface area contributed by atoms with E-state index >= 15 is 0 Å². The number of hydrogen-bond acceptors (Lipinski definition) is 7. The Morgan fingerprint density at radius 3 is 2.71 bits per heavy atom. The van der Waals surface area contributed by atoms with Gasteiger partial charge in [0.2, 0.25) is 5.90 Å². The third-order valence-corrected chi connectivity index (χ3v) is 3.85. The second-order valence-corrected chi connectivity index (χ2v) is 5.90. The molecule has 0 aliphatic rings. The first-order valence-electron chi connectivity index (χ1n) is 7.98. The largest absolute Gasteiger partial charge is 0.496 e. The van der Waals surface area contributed by atoms with Gasteiger partial charge in [-0.2, -0.15) is 0 Å². The van der Waals surface area contributed by atoms with E-state index in [1.54, 1.807) is 24.3 Å². The number of halogens is 1. The van der Waals surface area contributed by atoms with E-state index in [2.05, 4.69) is 10.3 Å². The lowest BCUT2D eigenvalue weighted by Crippen LogP contribution is -2.16. The Bertz CT molecular complexity index is 1030. The number of rotatable bonds is 5. The number of anilines is 1. The van der Waals surface area contributed by atoms with Crippen molar-refractivity contribution in [2.24, 2.45) is 0 Å². The highest BCUT2D eigenvalue weighted by atomic mass is 35.5. The maximum absolute atomic E-state index is 12.5. The van der Waals surface area contributed by atoms with Gasteiger partial charge in [0.05, 0.1) is 18.9 Å². The van der Waals surface area contributed by atoms with E-state index in [0.717, 1.165) is 0 Å². The number of amides is 1. The molecule has 0 bridgehead atoms. The van der Waals surface area contributed by atoms with E-state index < -0.39 is 5.91 Å². The fourth-order valence-corrected chi connectivity index (χ4v) is 2.47. The van der Waals surface area contributed by atoms with Crippen molar-refractivity contribution in [2.45, 2.75) is 0 Å². The summed E-state index contributed by atoms with van der Waals surface area (Å²) < 4.78 is 15.4. The summed E-state index contributed by atoms with van der Waals surface area (Å²) in [5.41, 5.74) is 0.563. The predicted molar refractivity (Wildman–Crippen MR) is 104 cm³/mol. The maximum Gasteiger partial charge on any atom is 0.260 e. The summed E-state index contributed by atoms with van der Waals surface area (Å²) in [5, 5.41) is 18.8. The quantitative estimate of drug-likeness (QED) is 0.443. The summed E-state index contributed by atoms with van der Waals surface area (Å²) in [7, 11) is 1.45. The minimum atomic E-state index is -0.472. The van der Waals surface area contributed by atoms with Crippen LogP contribution in [0.3, 0.4) is 0 Å². The highest BCUT2D eigenvalue weighted by Crippen LogP contribution is 2.23. The summed E-state index contributed by atoms with van der Waals surface area (Å²) in [6, 6.07) is 10.8. The van der Waals surface area contributed by atoms with Gasteiger partial charge >= 0.3 is 0 Å². The number of ether oxygens (including phenoxy) is 2. The van der Waals surface area contributed by atoms with Crippen molar-refractivity contribution in [3.05, 3.63) is 76.8 Å². The SMILES string of the molecule is COc1ccc(Cl)cc1C(=O)Nc1cc(C(=N)OC(=N)c2ccco2)ccn1. The van der Waals surface area contributed by atoms with Gasteiger partial charge in [0.1, 0.15) is 11.6 Å². The second-order valence-electron chi connectivity index (χ2n) is 5.47. The van der Waals surface area contributed by atoms with E-state index in [9.17, 15) is 4.79 Å². The monoisotopic (exact) mass is 398 g/mol. The molecule has 0 saturated carbocycles. The molecule has 3 rings (SSSR count). The van der Waals surface area contributed by atoms with Gasteiger partial charge in [-0.15, -0.1) is 0 Å². The van der Waals surface area contributed by atoms with E-state index in [-0.39, 0.29) is 28.9 Å². The molecule has 0 radical (unpaired) electrons. The molecule has 2 aromatic heterocycles. The third-order valence-electron chi connectivity index (χ3n) is 3.62. The van der Waals surface area contributed by atoms with Crippen molar-refractivity contribution in [3.8, 4) is 5.75 Å². The molecule has 1 amide bonds. The fraction of sp³-hybridized carbons (Fsp3) is 0.0526. The van der Waals surface area contributed by atoms with Crippen LogP contribution in [-0.4, -0.2) is 29.8 Å². The lowest BCUT2D eigenvalue weighted by Gasteiger charge is -2.10. The first-order valence-corrected chi connectivity index (χ1v) is 8.36. The molecule has 0 unspecified atom stereocenters. The number of aromatic nitrogens is 1. The molecule has 8 nitrogen and oxygen atoms in total. The van der Waals surface area contributed by atoms with Gasteiger partial charge in [-0.25, -0.2) is 4.98 Å². The standard InChI is InChI=1S/C19H15ClN4O4/c1-26-14-5-4-12(20)10-13(14)19(25)24-16-9-11(6-7-23-16)17(21)28-18(22)15-3-2-8-27-15/h2-10,21-22H,1H3,(H,23,24,25). The Balaban J connectivity index is 1.74. The number of hydrogen-bond donors (Lipinski definition) is 3. The lowest BCUT2D eigenvalue weighted by molar-refractivity contribution is 0.102. The molecule has 0 atom stereocenters. The smallest absolute Gasteiger partial charge is 0.260 e. The lowest BCUT2D eigenvalue weighted by atomic mass is 10.2. The van der Waals surface area contributed by atoms with Gasteiger partial charge < -0.3 is 19.2 Å². The molecular formula is C19H15ClN4O4. The first-order chi connectivity index (χ1) is 13.5. The van der Waals surface area contributed by atoms with Crippen LogP contribution in [0.25, 0.3) is 0 Å². The number of benzene rings is 1. The third kappa shape index (κ3) is 4.36. The number of carbonyl (C=O) groups is 1. The summed E-state index contributed by atoms with van der Waals surface area (Å²) in [5.74, 6) is -0.315. The minimum Gasteiger partial charge on any atom is -0.496 e. The average molecular weight is 399 g/mol. The topological polar surface area (TPSA) is 121 Å². The van der Waals surface area contributed by atoms with Crippen LogP contribution >= 0.6 is 11.6 Å². The van der Waals surface area contributed by atoms with Crippen LogP contribution in [0.4, 0.5) is 5.82 Å². The van der Waals surface area contributed by atoms with Gasteiger partial charge in [0.25, 0.3) is 11.8 Å². The fourth-order valence-electron chi connectivity index (χ4n) is 2.30. The van der Waals surface area contributed by atoms with Crippen LogP contribution in [0.5, 0.6) is 5.75 Å². The van der Waals surface area contributed by atoms with Crippen LogP contribution in [-0.2, 0) is 4.74 Å². The molecule has 3 N–H and O–H groups in total. The van der Waals surface area contributed by atoms with E-state index in [1.807, 2.05) is 0 Å². The van der Waals surface area contributed by atoms with Gasteiger partial charge in [-0.1, -0.05) is 11.6 Å². The van der Waals surface area contributed by atoms with Crippen molar-refractivity contribution in [1.29, 1.82) is 10.8 Å².